The highest BCUT2D eigenvalue weighted by Gasteiger charge is 2.33. The zero-order valence-corrected chi connectivity index (χ0v) is 19.1. The zero-order chi connectivity index (χ0) is 23.8. The minimum absolute atomic E-state index is 0.0540. The van der Waals surface area contributed by atoms with E-state index in [0.29, 0.717) is 30.8 Å². The first-order valence-electron chi connectivity index (χ1n) is 10.7. The van der Waals surface area contributed by atoms with Crippen LogP contribution in [0.2, 0.25) is 0 Å². The van der Waals surface area contributed by atoms with Crippen molar-refractivity contribution >= 4 is 28.8 Å². The summed E-state index contributed by atoms with van der Waals surface area (Å²) in [6, 6.07) is 8.40. The molecule has 1 aliphatic rings. The molecule has 1 aliphatic carbocycles. The van der Waals surface area contributed by atoms with Gasteiger partial charge < -0.3 is 25.0 Å². The summed E-state index contributed by atoms with van der Waals surface area (Å²) in [6.45, 7) is 2.58. The quantitative estimate of drug-likeness (QED) is 0.178. The Morgan fingerprint density at radius 1 is 1.39 bits per heavy atom. The van der Waals surface area contributed by atoms with E-state index >= 15 is 0 Å². The number of H-pyrrole nitrogens is 1. The van der Waals surface area contributed by atoms with Crippen LogP contribution >= 0.6 is 11.9 Å². The van der Waals surface area contributed by atoms with Crippen LogP contribution in [0.5, 0.6) is 5.75 Å². The van der Waals surface area contributed by atoms with Crippen LogP contribution in [0.4, 0.5) is 0 Å². The fourth-order valence-electron chi connectivity index (χ4n) is 3.67. The number of amides is 1. The third-order valence-corrected chi connectivity index (χ3v) is 6.76. The third kappa shape index (κ3) is 7.34. The standard InChI is InChI=1S/C21H28N4O7S/c1-14(26)24(33-20-7-3-6-19(20)32-25(29)30)11-10-22-12-15(27)13-31-18-5-2-4-17-16(18)8-9-21(28)23-17/h2,4-5,8-9,15,19-20,22,27H,3,6-7,10-13H2,1H3,(H,23,28). The Balaban J connectivity index is 1.41. The molecule has 1 fully saturated rings. The van der Waals surface area contributed by atoms with Gasteiger partial charge in [0.2, 0.25) is 11.5 Å². The lowest BCUT2D eigenvalue weighted by atomic mass is 10.2. The summed E-state index contributed by atoms with van der Waals surface area (Å²) in [5, 5.41) is 23.8. The van der Waals surface area contributed by atoms with E-state index in [1.165, 1.54) is 24.9 Å². The van der Waals surface area contributed by atoms with Crippen molar-refractivity contribution in [3.05, 3.63) is 50.8 Å². The number of hydrogen-bond acceptors (Lipinski definition) is 9. The molecule has 33 heavy (non-hydrogen) atoms. The van der Waals surface area contributed by atoms with Crippen LogP contribution in [0.1, 0.15) is 26.2 Å². The van der Waals surface area contributed by atoms with Gasteiger partial charge in [0.05, 0.1) is 10.8 Å². The van der Waals surface area contributed by atoms with E-state index in [2.05, 4.69) is 10.3 Å². The Bertz CT molecular complexity index is 1020. The SMILES string of the molecule is CC(=O)N(CCNCC(O)COc1cccc2[nH]c(=O)ccc12)SC1CCCC1O[N+](=O)[O-]. The molecule has 3 N–H and O–H groups in total. The summed E-state index contributed by atoms with van der Waals surface area (Å²) >= 11 is 1.28. The second-order valence-corrected chi connectivity index (χ2v) is 9.03. The molecule has 1 aromatic heterocycles. The van der Waals surface area contributed by atoms with Gasteiger partial charge >= 0.3 is 0 Å². The van der Waals surface area contributed by atoms with Gasteiger partial charge in [-0.15, -0.1) is 10.1 Å². The van der Waals surface area contributed by atoms with E-state index in [1.54, 1.807) is 28.6 Å². The zero-order valence-electron chi connectivity index (χ0n) is 18.3. The fraction of sp³-hybridized carbons (Fsp3) is 0.524. The number of carbonyl (C=O) groups excluding carboxylic acids is 1. The normalized spacial score (nSPS) is 18.7. The fourth-order valence-corrected chi connectivity index (χ4v) is 4.94. The number of aromatic nitrogens is 1. The van der Waals surface area contributed by atoms with Crippen LogP contribution in [0.15, 0.2) is 35.1 Å². The number of ether oxygens (including phenoxy) is 1. The molecule has 1 heterocycles. The van der Waals surface area contributed by atoms with Gasteiger partial charge in [0, 0.05) is 38.0 Å². The Labute approximate surface area is 194 Å². The molecule has 180 valence electrons. The van der Waals surface area contributed by atoms with Crippen LogP contribution in [0.3, 0.4) is 0 Å². The van der Waals surface area contributed by atoms with Crippen molar-refractivity contribution in [2.24, 2.45) is 0 Å². The lowest BCUT2D eigenvalue weighted by molar-refractivity contribution is -0.767. The summed E-state index contributed by atoms with van der Waals surface area (Å²) in [7, 11) is 0. The summed E-state index contributed by atoms with van der Waals surface area (Å²) in [4.78, 5) is 41.6. The van der Waals surface area contributed by atoms with Crippen LogP contribution < -0.4 is 15.6 Å². The predicted molar refractivity (Wildman–Crippen MR) is 123 cm³/mol. The molecule has 3 atom stereocenters. The lowest BCUT2D eigenvalue weighted by Crippen LogP contribution is -2.38. The number of carbonyl (C=O) groups is 1. The van der Waals surface area contributed by atoms with Gasteiger partial charge in [0.1, 0.15) is 24.6 Å². The number of fused-ring (bicyclic) bond motifs is 1. The molecule has 12 heteroatoms. The lowest BCUT2D eigenvalue weighted by Gasteiger charge is -2.26. The van der Waals surface area contributed by atoms with Gasteiger partial charge in [-0.1, -0.05) is 6.07 Å². The minimum atomic E-state index is -0.783. The first kappa shape index (κ1) is 24.8. The summed E-state index contributed by atoms with van der Waals surface area (Å²) in [6.07, 6.45) is 0.874. The van der Waals surface area contributed by atoms with Crippen LogP contribution in [-0.4, -0.2) is 69.1 Å². The maximum atomic E-state index is 12.0. The van der Waals surface area contributed by atoms with Gasteiger partial charge in [-0.25, -0.2) is 0 Å². The van der Waals surface area contributed by atoms with Gasteiger partial charge in [-0.2, -0.15) is 0 Å². The second-order valence-electron chi connectivity index (χ2n) is 7.77. The summed E-state index contributed by atoms with van der Waals surface area (Å²) in [5.41, 5.74) is 0.456. The van der Waals surface area contributed by atoms with E-state index in [1.807, 2.05) is 0 Å². The molecule has 1 saturated carbocycles. The number of aromatic amines is 1. The number of aliphatic hydroxyl groups is 1. The number of nitrogens with one attached hydrogen (secondary N) is 2. The summed E-state index contributed by atoms with van der Waals surface area (Å²) < 4.78 is 7.29. The maximum Gasteiger partial charge on any atom is 0.294 e. The van der Waals surface area contributed by atoms with Gasteiger partial charge in [0.25, 0.3) is 5.09 Å². The third-order valence-electron chi connectivity index (χ3n) is 5.26. The first-order valence-corrected chi connectivity index (χ1v) is 11.6. The molecule has 0 radical (unpaired) electrons. The topological polar surface area (TPSA) is 147 Å². The Morgan fingerprint density at radius 2 is 2.21 bits per heavy atom. The van der Waals surface area contributed by atoms with Crippen molar-refractivity contribution in [3.63, 3.8) is 0 Å². The molecule has 0 aliphatic heterocycles. The van der Waals surface area contributed by atoms with Crippen molar-refractivity contribution in [3.8, 4) is 5.75 Å². The maximum absolute atomic E-state index is 12.0. The monoisotopic (exact) mass is 480 g/mol. The van der Waals surface area contributed by atoms with Crippen LogP contribution in [0, 0.1) is 10.1 Å². The molecule has 1 aromatic carbocycles. The molecule has 2 aromatic rings. The minimum Gasteiger partial charge on any atom is -0.490 e. The van der Waals surface area contributed by atoms with Crippen LogP contribution in [0.25, 0.3) is 10.9 Å². The molecule has 0 saturated heterocycles. The van der Waals surface area contributed by atoms with Crippen molar-refractivity contribution in [1.29, 1.82) is 0 Å². The van der Waals surface area contributed by atoms with E-state index in [4.69, 9.17) is 9.57 Å². The van der Waals surface area contributed by atoms with E-state index in [9.17, 15) is 24.8 Å². The highest BCUT2D eigenvalue weighted by molar-refractivity contribution is 7.98. The Kier molecular flexibility index (Phi) is 8.92. The molecule has 0 spiro atoms. The molecule has 3 unspecified atom stereocenters. The molecule has 0 bridgehead atoms. The molecule has 3 rings (SSSR count). The van der Waals surface area contributed by atoms with Crippen molar-refractivity contribution < 1.29 is 24.6 Å². The van der Waals surface area contributed by atoms with Crippen molar-refractivity contribution in [2.75, 3.05) is 26.2 Å². The molecular formula is C21H28N4O7S. The van der Waals surface area contributed by atoms with Crippen molar-refractivity contribution in [1.82, 2.24) is 14.6 Å². The van der Waals surface area contributed by atoms with Gasteiger partial charge in [-0.3, -0.25) is 13.9 Å². The van der Waals surface area contributed by atoms with Crippen molar-refractivity contribution in [2.45, 2.75) is 43.6 Å². The Hall–Kier alpha value is -2.83. The largest absolute Gasteiger partial charge is 0.490 e. The number of pyridine rings is 1. The molecular weight excluding hydrogens is 452 g/mol. The van der Waals surface area contributed by atoms with E-state index < -0.39 is 17.3 Å². The first-order chi connectivity index (χ1) is 15.8. The van der Waals surface area contributed by atoms with E-state index in [-0.39, 0.29) is 29.9 Å². The highest BCUT2D eigenvalue weighted by atomic mass is 32.2. The number of hydrogen-bond donors (Lipinski definition) is 3. The number of rotatable bonds is 12. The van der Waals surface area contributed by atoms with Gasteiger partial charge in [0.15, 0.2) is 0 Å². The number of aliphatic hydroxyl groups excluding tert-OH is 1. The average molecular weight is 481 g/mol. The van der Waals surface area contributed by atoms with Gasteiger partial charge in [-0.05, 0) is 49.4 Å². The molecule has 11 nitrogen and oxygen atoms in total. The number of nitrogens with zero attached hydrogens (tertiary/aromatic N) is 2. The van der Waals surface area contributed by atoms with E-state index in [0.717, 1.165) is 18.2 Å². The summed E-state index contributed by atoms with van der Waals surface area (Å²) in [5.74, 6) is 0.413. The number of benzene rings is 1. The smallest absolute Gasteiger partial charge is 0.294 e. The molecule has 1 amide bonds. The predicted octanol–water partition coefficient (Wildman–Crippen LogP) is 1.48. The average Bonchev–Trinajstić information content (AvgIpc) is 3.19. The Morgan fingerprint density at radius 3 is 2.97 bits per heavy atom. The second kappa shape index (κ2) is 11.9. The van der Waals surface area contributed by atoms with Crippen LogP contribution in [-0.2, 0) is 9.63 Å². The highest BCUT2D eigenvalue weighted by Crippen LogP contribution is 2.34.